The van der Waals surface area contributed by atoms with E-state index in [0.717, 1.165) is 48.5 Å². The zero-order valence-electron chi connectivity index (χ0n) is 15.0. The van der Waals surface area contributed by atoms with Gasteiger partial charge in [-0.05, 0) is 50.2 Å². The maximum Gasteiger partial charge on any atom is 0.195 e. The first-order chi connectivity index (χ1) is 12.8. The summed E-state index contributed by atoms with van der Waals surface area (Å²) in [4.78, 5) is 10.0. The van der Waals surface area contributed by atoms with Crippen LogP contribution in [0.5, 0.6) is 0 Å². The molecule has 0 bridgehead atoms. The van der Waals surface area contributed by atoms with Crippen molar-refractivity contribution >= 4 is 11.8 Å². The summed E-state index contributed by atoms with van der Waals surface area (Å²) in [5.41, 5.74) is 1.15. The van der Waals surface area contributed by atoms with Gasteiger partial charge in [-0.2, -0.15) is 0 Å². The van der Waals surface area contributed by atoms with Gasteiger partial charge in [-0.1, -0.05) is 30.0 Å². The lowest BCUT2D eigenvalue weighted by Crippen LogP contribution is -2.34. The predicted molar refractivity (Wildman–Crippen MR) is 103 cm³/mol. The topological polar surface area (TPSA) is 62.6 Å². The average molecular weight is 369 g/mol. The van der Waals surface area contributed by atoms with Crippen molar-refractivity contribution in [2.24, 2.45) is 5.92 Å². The van der Waals surface area contributed by atoms with Crippen LogP contribution in [0.15, 0.2) is 47.9 Å². The fraction of sp³-hybridized carbons (Fsp3) is 0.421. The van der Waals surface area contributed by atoms with Crippen molar-refractivity contribution in [2.75, 3.05) is 19.3 Å². The lowest BCUT2D eigenvalue weighted by Gasteiger charge is -2.31. The molecule has 4 rings (SSSR count). The third-order valence-electron chi connectivity index (χ3n) is 5.00. The summed E-state index contributed by atoms with van der Waals surface area (Å²) in [7, 11) is 0. The highest BCUT2D eigenvalue weighted by atomic mass is 32.2. The van der Waals surface area contributed by atoms with Crippen molar-refractivity contribution < 1.29 is 0 Å². The summed E-state index contributed by atoms with van der Waals surface area (Å²) < 4.78 is 2.21. The van der Waals surface area contributed by atoms with Gasteiger partial charge in [-0.25, -0.2) is 4.98 Å². The van der Waals surface area contributed by atoms with E-state index in [-0.39, 0.29) is 0 Å². The van der Waals surface area contributed by atoms with E-state index in [9.17, 15) is 0 Å². The van der Waals surface area contributed by atoms with Crippen LogP contribution in [0.3, 0.4) is 0 Å². The number of benzene rings is 1. The maximum atomic E-state index is 4.50. The Labute approximate surface area is 158 Å². The number of aromatic nitrogens is 5. The first-order valence-electron chi connectivity index (χ1n) is 9.08. The molecule has 1 aliphatic heterocycles. The molecule has 0 radical (unpaired) electrons. The molecular weight excluding hydrogens is 344 g/mol. The molecule has 7 heteroatoms. The van der Waals surface area contributed by atoms with Crippen molar-refractivity contribution in [1.29, 1.82) is 0 Å². The zero-order chi connectivity index (χ0) is 17.8. The third-order valence-corrected chi connectivity index (χ3v) is 5.63. The number of hydrogen-bond acceptors (Lipinski definition) is 5. The van der Waals surface area contributed by atoms with Crippen molar-refractivity contribution in [1.82, 2.24) is 29.6 Å². The summed E-state index contributed by atoms with van der Waals surface area (Å²) >= 11 is 1.65. The van der Waals surface area contributed by atoms with Crippen LogP contribution in [0, 0.1) is 5.92 Å². The highest BCUT2D eigenvalue weighted by Gasteiger charge is 2.23. The van der Waals surface area contributed by atoms with Gasteiger partial charge in [0.25, 0.3) is 0 Å². The molecule has 1 N–H and O–H groups in total. The fourth-order valence-corrected chi connectivity index (χ4v) is 4.12. The molecule has 3 aromatic rings. The standard InChI is InChI=1S/C19H24N6S/c1-26-19-23-22-18(25(19)16-5-3-2-4-6-16)13-15-7-11-24(12-8-15)14-17-20-9-10-21-17/h2-6,9-10,15H,7-8,11-14H2,1H3,(H,20,21). The van der Waals surface area contributed by atoms with Gasteiger partial charge in [0.15, 0.2) is 5.16 Å². The molecule has 0 unspecified atom stereocenters. The van der Waals surface area contributed by atoms with Crippen LogP contribution in [-0.2, 0) is 13.0 Å². The molecule has 3 heterocycles. The Balaban J connectivity index is 1.42. The van der Waals surface area contributed by atoms with Crippen LogP contribution in [0.25, 0.3) is 5.69 Å². The van der Waals surface area contributed by atoms with Crippen LogP contribution in [0.4, 0.5) is 0 Å². The van der Waals surface area contributed by atoms with Gasteiger partial charge >= 0.3 is 0 Å². The van der Waals surface area contributed by atoms with E-state index in [4.69, 9.17) is 0 Å². The Morgan fingerprint density at radius 3 is 2.65 bits per heavy atom. The number of imidazole rings is 1. The lowest BCUT2D eigenvalue weighted by molar-refractivity contribution is 0.172. The van der Waals surface area contributed by atoms with Gasteiger partial charge in [0.2, 0.25) is 0 Å². The molecule has 6 nitrogen and oxygen atoms in total. The third kappa shape index (κ3) is 3.83. The van der Waals surface area contributed by atoms with Crippen molar-refractivity contribution in [3.63, 3.8) is 0 Å². The van der Waals surface area contributed by atoms with Gasteiger partial charge in [0.05, 0.1) is 6.54 Å². The van der Waals surface area contributed by atoms with Crippen molar-refractivity contribution in [3.05, 3.63) is 54.4 Å². The maximum absolute atomic E-state index is 4.50. The molecule has 1 aliphatic rings. The van der Waals surface area contributed by atoms with E-state index in [1.807, 2.05) is 18.5 Å². The summed E-state index contributed by atoms with van der Waals surface area (Å²) in [6.45, 7) is 3.14. The van der Waals surface area contributed by atoms with Gasteiger partial charge in [0, 0.05) is 24.5 Å². The van der Waals surface area contributed by atoms with Crippen LogP contribution >= 0.6 is 11.8 Å². The Morgan fingerprint density at radius 2 is 1.96 bits per heavy atom. The van der Waals surface area contributed by atoms with E-state index in [1.165, 1.54) is 12.8 Å². The second kappa shape index (κ2) is 8.05. The van der Waals surface area contributed by atoms with Gasteiger partial charge in [-0.15, -0.1) is 10.2 Å². The minimum absolute atomic E-state index is 0.657. The minimum atomic E-state index is 0.657. The van der Waals surface area contributed by atoms with Crippen LogP contribution < -0.4 is 0 Å². The zero-order valence-corrected chi connectivity index (χ0v) is 15.8. The van der Waals surface area contributed by atoms with Crippen molar-refractivity contribution in [3.8, 4) is 5.69 Å². The monoisotopic (exact) mass is 368 g/mol. The van der Waals surface area contributed by atoms with E-state index in [1.54, 1.807) is 11.8 Å². The second-order valence-corrected chi connectivity index (χ2v) is 7.51. The minimum Gasteiger partial charge on any atom is -0.348 e. The molecule has 1 saturated heterocycles. The number of likely N-dealkylation sites (tertiary alicyclic amines) is 1. The molecule has 26 heavy (non-hydrogen) atoms. The summed E-state index contributed by atoms with van der Waals surface area (Å²) in [5.74, 6) is 2.78. The number of nitrogens with zero attached hydrogens (tertiary/aromatic N) is 5. The summed E-state index contributed by atoms with van der Waals surface area (Å²) in [6.07, 6.45) is 9.13. The predicted octanol–water partition coefficient (Wildman–Crippen LogP) is 3.17. The molecule has 0 spiro atoms. The summed E-state index contributed by atoms with van der Waals surface area (Å²) in [6, 6.07) is 10.4. The molecule has 0 atom stereocenters. The van der Waals surface area contributed by atoms with Crippen LogP contribution in [0.2, 0.25) is 0 Å². The first-order valence-corrected chi connectivity index (χ1v) is 10.3. The number of rotatable bonds is 6. The van der Waals surface area contributed by atoms with Gasteiger partial charge < -0.3 is 4.98 Å². The molecule has 0 aliphatic carbocycles. The largest absolute Gasteiger partial charge is 0.348 e. The number of thioether (sulfide) groups is 1. The fourth-order valence-electron chi connectivity index (χ4n) is 3.60. The Morgan fingerprint density at radius 1 is 1.15 bits per heavy atom. The SMILES string of the molecule is CSc1nnc(CC2CCN(Cc3ncc[nH]3)CC2)n1-c1ccccc1. The Bertz CT molecular complexity index is 806. The molecule has 0 amide bonds. The van der Waals surface area contributed by atoms with E-state index in [2.05, 4.69) is 60.2 Å². The number of H-pyrrole nitrogens is 1. The first kappa shape index (κ1) is 17.3. The van der Waals surface area contributed by atoms with Crippen LogP contribution in [0.1, 0.15) is 24.5 Å². The molecular formula is C19H24N6S. The van der Waals surface area contributed by atoms with E-state index in [0.29, 0.717) is 5.92 Å². The van der Waals surface area contributed by atoms with Gasteiger partial charge in [0.1, 0.15) is 11.6 Å². The molecule has 0 saturated carbocycles. The number of piperidine rings is 1. The average Bonchev–Trinajstić information content (AvgIpc) is 3.33. The van der Waals surface area contributed by atoms with E-state index >= 15 is 0 Å². The Kier molecular flexibility index (Phi) is 5.36. The lowest BCUT2D eigenvalue weighted by atomic mass is 9.93. The summed E-state index contributed by atoms with van der Waals surface area (Å²) in [5, 5.41) is 9.85. The molecule has 1 aromatic carbocycles. The molecule has 136 valence electrons. The highest BCUT2D eigenvalue weighted by molar-refractivity contribution is 7.98. The number of nitrogens with one attached hydrogen (secondary N) is 1. The van der Waals surface area contributed by atoms with E-state index < -0.39 is 0 Å². The Hall–Kier alpha value is -2.12. The smallest absolute Gasteiger partial charge is 0.195 e. The number of para-hydroxylation sites is 1. The molecule has 1 fully saturated rings. The van der Waals surface area contributed by atoms with Crippen LogP contribution in [-0.4, -0.2) is 49.0 Å². The quantitative estimate of drug-likeness (QED) is 0.677. The highest BCUT2D eigenvalue weighted by Crippen LogP contribution is 2.26. The molecule has 2 aromatic heterocycles. The van der Waals surface area contributed by atoms with Gasteiger partial charge in [-0.3, -0.25) is 9.47 Å². The number of hydrogen-bond donors (Lipinski definition) is 1. The normalized spacial score (nSPS) is 16.2. The number of aromatic amines is 1. The van der Waals surface area contributed by atoms with Crippen molar-refractivity contribution in [2.45, 2.75) is 31.0 Å². The second-order valence-electron chi connectivity index (χ2n) is 6.73.